The van der Waals surface area contributed by atoms with Crippen molar-refractivity contribution in [3.05, 3.63) is 39.9 Å². The lowest BCUT2D eigenvalue weighted by atomic mass is 10.0. The highest BCUT2D eigenvalue weighted by molar-refractivity contribution is 5.85. The number of carboxylic acids is 1. The molecule has 0 saturated carbocycles. The molecular formula is C13H16N2O5. The number of nitrogens with one attached hydrogen (secondary N) is 1. The first-order chi connectivity index (χ1) is 9.32. The number of carbonyl (C=O) groups excluding carboxylic acids is 1. The van der Waals surface area contributed by atoms with Gasteiger partial charge in [0.05, 0.1) is 11.3 Å². The average molecular weight is 280 g/mol. The van der Waals surface area contributed by atoms with Crippen LogP contribution in [0.2, 0.25) is 0 Å². The topological polar surface area (TPSA) is 110 Å². The monoisotopic (exact) mass is 280 g/mol. The molecule has 0 fully saturated rings. The molecule has 20 heavy (non-hydrogen) atoms. The van der Waals surface area contributed by atoms with Gasteiger partial charge in [-0.05, 0) is 5.92 Å². The average Bonchev–Trinajstić information content (AvgIpc) is 2.35. The fourth-order valence-corrected chi connectivity index (χ4v) is 1.75. The predicted molar refractivity (Wildman–Crippen MR) is 71.2 cm³/mol. The summed E-state index contributed by atoms with van der Waals surface area (Å²) in [5, 5.41) is 22.2. The molecule has 1 aromatic rings. The molecule has 7 nitrogen and oxygen atoms in total. The van der Waals surface area contributed by atoms with Gasteiger partial charge in [-0.2, -0.15) is 0 Å². The Hall–Kier alpha value is -2.44. The zero-order valence-electron chi connectivity index (χ0n) is 11.2. The van der Waals surface area contributed by atoms with E-state index < -0.39 is 22.8 Å². The number of carboxylic acid groups (broad SMARTS) is 1. The molecule has 0 bridgehead atoms. The number of rotatable bonds is 6. The van der Waals surface area contributed by atoms with Crippen LogP contribution in [0.1, 0.15) is 19.4 Å². The minimum atomic E-state index is -1.13. The van der Waals surface area contributed by atoms with Crippen LogP contribution < -0.4 is 5.32 Å². The minimum Gasteiger partial charge on any atom is -0.480 e. The third-order valence-electron chi connectivity index (χ3n) is 2.79. The van der Waals surface area contributed by atoms with Gasteiger partial charge in [0.25, 0.3) is 5.69 Å². The Morgan fingerprint density at radius 1 is 1.35 bits per heavy atom. The number of hydrogen-bond acceptors (Lipinski definition) is 4. The van der Waals surface area contributed by atoms with Crippen LogP contribution in [0, 0.1) is 16.0 Å². The number of aliphatic carboxylic acids is 1. The van der Waals surface area contributed by atoms with Crippen molar-refractivity contribution in [2.24, 2.45) is 5.92 Å². The highest BCUT2D eigenvalue weighted by Gasteiger charge is 2.24. The van der Waals surface area contributed by atoms with Gasteiger partial charge in [0.1, 0.15) is 6.04 Å². The van der Waals surface area contributed by atoms with Gasteiger partial charge in [-0.1, -0.05) is 32.0 Å². The van der Waals surface area contributed by atoms with Crippen LogP contribution in [0.15, 0.2) is 24.3 Å². The molecular weight excluding hydrogens is 264 g/mol. The van der Waals surface area contributed by atoms with Crippen LogP contribution in [0.5, 0.6) is 0 Å². The Labute approximate surface area is 115 Å². The van der Waals surface area contributed by atoms with Crippen LogP contribution in [-0.2, 0) is 16.0 Å². The van der Waals surface area contributed by atoms with Crippen molar-refractivity contribution in [1.82, 2.24) is 5.32 Å². The fraction of sp³-hybridized carbons (Fsp3) is 0.385. The Kier molecular flexibility index (Phi) is 5.19. The number of nitrogens with zero attached hydrogens (tertiary/aromatic N) is 1. The van der Waals surface area contributed by atoms with E-state index in [0.717, 1.165) is 0 Å². The summed E-state index contributed by atoms with van der Waals surface area (Å²) in [5.41, 5.74) is 0.0990. The number of benzene rings is 1. The summed E-state index contributed by atoms with van der Waals surface area (Å²) in [6.07, 6.45) is -0.229. The maximum atomic E-state index is 11.8. The molecule has 0 spiro atoms. The minimum absolute atomic E-state index is 0.154. The predicted octanol–water partition coefficient (Wildman–Crippen LogP) is 1.36. The second-order valence-corrected chi connectivity index (χ2v) is 4.69. The van der Waals surface area contributed by atoms with Crippen molar-refractivity contribution in [2.75, 3.05) is 0 Å². The van der Waals surface area contributed by atoms with E-state index in [9.17, 15) is 19.7 Å². The summed E-state index contributed by atoms with van der Waals surface area (Å²) < 4.78 is 0. The second-order valence-electron chi connectivity index (χ2n) is 4.69. The number of nitro benzene ring substituents is 1. The molecule has 1 atom stereocenters. The van der Waals surface area contributed by atoms with E-state index in [1.54, 1.807) is 19.9 Å². The summed E-state index contributed by atoms with van der Waals surface area (Å²) in [7, 11) is 0. The largest absolute Gasteiger partial charge is 0.480 e. The van der Waals surface area contributed by atoms with E-state index in [0.29, 0.717) is 0 Å². The van der Waals surface area contributed by atoms with Crippen molar-refractivity contribution in [3.63, 3.8) is 0 Å². The molecule has 7 heteroatoms. The molecule has 108 valence electrons. The van der Waals surface area contributed by atoms with Crippen molar-refractivity contribution in [1.29, 1.82) is 0 Å². The van der Waals surface area contributed by atoms with E-state index in [4.69, 9.17) is 5.11 Å². The van der Waals surface area contributed by atoms with E-state index in [1.165, 1.54) is 18.2 Å². The SMILES string of the molecule is CC(C)[C@@H](NC(=O)Cc1ccccc1[N+](=O)[O-])C(=O)O. The zero-order chi connectivity index (χ0) is 15.3. The van der Waals surface area contributed by atoms with Crippen molar-refractivity contribution in [3.8, 4) is 0 Å². The molecule has 0 aromatic heterocycles. The summed E-state index contributed by atoms with van der Waals surface area (Å²) in [6, 6.07) is 4.87. The molecule has 2 N–H and O–H groups in total. The maximum Gasteiger partial charge on any atom is 0.326 e. The molecule has 0 aliphatic rings. The van der Waals surface area contributed by atoms with Crippen LogP contribution in [0.25, 0.3) is 0 Å². The van der Waals surface area contributed by atoms with Gasteiger partial charge in [-0.15, -0.1) is 0 Å². The van der Waals surface area contributed by atoms with Crippen LogP contribution >= 0.6 is 0 Å². The third kappa shape index (κ3) is 4.04. The van der Waals surface area contributed by atoms with Crippen LogP contribution in [0.4, 0.5) is 5.69 Å². The Morgan fingerprint density at radius 3 is 2.45 bits per heavy atom. The molecule has 1 rings (SSSR count). The van der Waals surface area contributed by atoms with Crippen LogP contribution in [-0.4, -0.2) is 27.9 Å². The molecule has 1 amide bonds. The van der Waals surface area contributed by atoms with Crippen molar-refractivity contribution >= 4 is 17.6 Å². The lowest BCUT2D eigenvalue weighted by Crippen LogP contribution is -2.44. The first kappa shape index (κ1) is 15.6. The Morgan fingerprint density at radius 2 is 1.95 bits per heavy atom. The summed E-state index contributed by atoms with van der Waals surface area (Å²) >= 11 is 0. The van der Waals surface area contributed by atoms with Gasteiger partial charge in [-0.3, -0.25) is 14.9 Å². The zero-order valence-corrected chi connectivity index (χ0v) is 11.2. The molecule has 1 aromatic carbocycles. The Bertz CT molecular complexity index is 527. The smallest absolute Gasteiger partial charge is 0.326 e. The van der Waals surface area contributed by atoms with Gasteiger partial charge < -0.3 is 10.4 Å². The number of hydrogen-bond donors (Lipinski definition) is 2. The van der Waals surface area contributed by atoms with E-state index in [2.05, 4.69) is 5.32 Å². The Balaban J connectivity index is 2.81. The number of para-hydroxylation sites is 1. The lowest BCUT2D eigenvalue weighted by molar-refractivity contribution is -0.385. The summed E-state index contributed by atoms with van der Waals surface area (Å²) in [5.74, 6) is -1.96. The third-order valence-corrected chi connectivity index (χ3v) is 2.79. The molecule has 0 aliphatic carbocycles. The normalized spacial score (nSPS) is 11.9. The van der Waals surface area contributed by atoms with E-state index in [-0.39, 0.29) is 23.6 Å². The highest BCUT2D eigenvalue weighted by Crippen LogP contribution is 2.18. The number of carbonyl (C=O) groups is 2. The van der Waals surface area contributed by atoms with Gasteiger partial charge >= 0.3 is 5.97 Å². The molecule has 0 saturated heterocycles. The van der Waals surface area contributed by atoms with Crippen molar-refractivity contribution in [2.45, 2.75) is 26.3 Å². The number of amides is 1. The first-order valence-electron chi connectivity index (χ1n) is 6.07. The second kappa shape index (κ2) is 6.65. The molecule has 0 unspecified atom stereocenters. The standard InChI is InChI=1S/C13H16N2O5/c1-8(2)12(13(17)18)14-11(16)7-9-5-3-4-6-10(9)15(19)20/h3-6,8,12H,7H2,1-2H3,(H,14,16)(H,17,18)/t12-/m1/s1. The van der Waals surface area contributed by atoms with Crippen LogP contribution in [0.3, 0.4) is 0 Å². The van der Waals surface area contributed by atoms with Gasteiger partial charge in [-0.25, -0.2) is 4.79 Å². The highest BCUT2D eigenvalue weighted by atomic mass is 16.6. The summed E-state index contributed by atoms with van der Waals surface area (Å²) in [6.45, 7) is 3.34. The summed E-state index contributed by atoms with van der Waals surface area (Å²) in [4.78, 5) is 33.0. The van der Waals surface area contributed by atoms with Gasteiger partial charge in [0.2, 0.25) is 5.91 Å². The maximum absolute atomic E-state index is 11.8. The lowest BCUT2D eigenvalue weighted by Gasteiger charge is -2.17. The first-order valence-corrected chi connectivity index (χ1v) is 6.07. The van der Waals surface area contributed by atoms with E-state index >= 15 is 0 Å². The molecule has 0 heterocycles. The quantitative estimate of drug-likeness (QED) is 0.604. The van der Waals surface area contributed by atoms with Crippen molar-refractivity contribution < 1.29 is 19.6 Å². The molecule has 0 aliphatic heterocycles. The van der Waals surface area contributed by atoms with Gasteiger partial charge in [0.15, 0.2) is 0 Å². The number of nitro groups is 1. The molecule has 0 radical (unpaired) electrons. The van der Waals surface area contributed by atoms with E-state index in [1.807, 2.05) is 0 Å². The van der Waals surface area contributed by atoms with Gasteiger partial charge in [0, 0.05) is 11.6 Å². The fourth-order valence-electron chi connectivity index (χ4n) is 1.75.